The van der Waals surface area contributed by atoms with Gasteiger partial charge in [-0.15, -0.1) is 0 Å². The SMILES string of the molecule is COc1ccc(-c2cc(C(=O)O)nc3ncnn23)cc1. The van der Waals surface area contributed by atoms with Crippen molar-refractivity contribution in [3.05, 3.63) is 42.4 Å². The summed E-state index contributed by atoms with van der Waals surface area (Å²) >= 11 is 0. The normalized spacial score (nSPS) is 10.7. The lowest BCUT2D eigenvalue weighted by Gasteiger charge is -2.06. The molecule has 0 fully saturated rings. The Bertz CT molecular complexity index is 780. The number of methoxy groups -OCH3 is 1. The molecule has 0 bridgehead atoms. The first-order valence-corrected chi connectivity index (χ1v) is 5.77. The van der Waals surface area contributed by atoms with Crippen LogP contribution in [0.5, 0.6) is 5.75 Å². The molecule has 20 heavy (non-hydrogen) atoms. The topological polar surface area (TPSA) is 89.6 Å². The fourth-order valence-electron chi connectivity index (χ4n) is 1.89. The molecular formula is C13H10N4O3. The summed E-state index contributed by atoms with van der Waals surface area (Å²) in [5, 5.41) is 13.2. The fourth-order valence-corrected chi connectivity index (χ4v) is 1.89. The van der Waals surface area contributed by atoms with Gasteiger partial charge in [0.15, 0.2) is 5.69 Å². The van der Waals surface area contributed by atoms with Crippen LogP contribution in [0.15, 0.2) is 36.7 Å². The maximum absolute atomic E-state index is 11.1. The Labute approximate surface area is 113 Å². The molecule has 1 aromatic carbocycles. The Kier molecular flexibility index (Phi) is 2.79. The molecule has 2 aromatic heterocycles. The lowest BCUT2D eigenvalue weighted by Crippen LogP contribution is -2.05. The quantitative estimate of drug-likeness (QED) is 0.775. The van der Waals surface area contributed by atoms with Crippen molar-refractivity contribution in [1.82, 2.24) is 19.6 Å². The van der Waals surface area contributed by atoms with E-state index < -0.39 is 5.97 Å². The summed E-state index contributed by atoms with van der Waals surface area (Å²) in [6.45, 7) is 0. The van der Waals surface area contributed by atoms with Crippen molar-refractivity contribution in [2.45, 2.75) is 0 Å². The van der Waals surface area contributed by atoms with Crippen LogP contribution in [0.25, 0.3) is 17.0 Å². The van der Waals surface area contributed by atoms with E-state index in [9.17, 15) is 4.79 Å². The second-order valence-electron chi connectivity index (χ2n) is 4.03. The number of aromatic carboxylic acids is 1. The predicted octanol–water partition coefficient (Wildman–Crippen LogP) is 1.50. The summed E-state index contributed by atoms with van der Waals surface area (Å²) in [6.07, 6.45) is 1.33. The molecule has 7 heteroatoms. The van der Waals surface area contributed by atoms with Crippen LogP contribution in [0.2, 0.25) is 0 Å². The molecular weight excluding hydrogens is 260 g/mol. The fraction of sp³-hybridized carbons (Fsp3) is 0.0769. The molecule has 0 spiro atoms. The van der Waals surface area contributed by atoms with Gasteiger partial charge in [-0.1, -0.05) is 0 Å². The molecule has 1 N–H and O–H groups in total. The van der Waals surface area contributed by atoms with E-state index in [1.165, 1.54) is 16.9 Å². The van der Waals surface area contributed by atoms with Crippen LogP contribution in [0.4, 0.5) is 0 Å². The molecule has 0 saturated carbocycles. The maximum Gasteiger partial charge on any atom is 0.354 e. The zero-order valence-electron chi connectivity index (χ0n) is 10.5. The molecule has 2 heterocycles. The van der Waals surface area contributed by atoms with Gasteiger partial charge in [0.25, 0.3) is 5.78 Å². The number of carboxylic acids is 1. The van der Waals surface area contributed by atoms with Gasteiger partial charge in [0.2, 0.25) is 0 Å². The minimum Gasteiger partial charge on any atom is -0.497 e. The van der Waals surface area contributed by atoms with Gasteiger partial charge in [-0.2, -0.15) is 14.6 Å². The first-order valence-electron chi connectivity index (χ1n) is 5.77. The average molecular weight is 270 g/mol. The molecule has 100 valence electrons. The molecule has 0 aliphatic rings. The highest BCUT2D eigenvalue weighted by molar-refractivity contribution is 5.87. The number of carbonyl (C=O) groups is 1. The van der Waals surface area contributed by atoms with E-state index in [0.29, 0.717) is 5.69 Å². The summed E-state index contributed by atoms with van der Waals surface area (Å²) in [5.41, 5.74) is 1.33. The summed E-state index contributed by atoms with van der Waals surface area (Å²) in [6, 6.07) is 8.69. The highest BCUT2D eigenvalue weighted by Gasteiger charge is 2.13. The van der Waals surface area contributed by atoms with Gasteiger partial charge in [-0.3, -0.25) is 0 Å². The standard InChI is InChI=1S/C13H10N4O3/c1-20-9-4-2-8(3-5-9)11-6-10(12(18)19)16-13-14-7-15-17(11)13/h2-7H,1H3,(H,18,19). The zero-order valence-corrected chi connectivity index (χ0v) is 10.5. The van der Waals surface area contributed by atoms with Crippen LogP contribution in [-0.2, 0) is 0 Å². The highest BCUT2D eigenvalue weighted by atomic mass is 16.5. The van der Waals surface area contributed by atoms with E-state index >= 15 is 0 Å². The van der Waals surface area contributed by atoms with Gasteiger partial charge in [-0.25, -0.2) is 9.78 Å². The second-order valence-corrected chi connectivity index (χ2v) is 4.03. The summed E-state index contributed by atoms with van der Waals surface area (Å²) in [7, 11) is 1.58. The van der Waals surface area contributed by atoms with Crippen LogP contribution < -0.4 is 4.74 Å². The molecule has 0 radical (unpaired) electrons. The zero-order chi connectivity index (χ0) is 14.1. The number of aromatic nitrogens is 4. The number of rotatable bonds is 3. The average Bonchev–Trinajstić information content (AvgIpc) is 2.94. The van der Waals surface area contributed by atoms with E-state index in [1.54, 1.807) is 19.2 Å². The van der Waals surface area contributed by atoms with E-state index in [4.69, 9.17) is 9.84 Å². The van der Waals surface area contributed by atoms with Crippen LogP contribution in [0, 0.1) is 0 Å². The summed E-state index contributed by atoms with van der Waals surface area (Å²) in [4.78, 5) is 19.0. The largest absolute Gasteiger partial charge is 0.497 e. The number of nitrogens with zero attached hydrogens (tertiary/aromatic N) is 4. The van der Waals surface area contributed by atoms with Gasteiger partial charge in [0, 0.05) is 5.56 Å². The third-order valence-corrected chi connectivity index (χ3v) is 2.86. The molecule has 0 aliphatic carbocycles. The number of carboxylic acid groups (broad SMARTS) is 1. The van der Waals surface area contributed by atoms with Crippen molar-refractivity contribution < 1.29 is 14.6 Å². The summed E-state index contributed by atoms with van der Waals surface area (Å²) in [5.74, 6) is -0.142. The number of fused-ring (bicyclic) bond motifs is 1. The van der Waals surface area contributed by atoms with Gasteiger partial charge in [0.1, 0.15) is 12.1 Å². The van der Waals surface area contributed by atoms with Crippen molar-refractivity contribution in [2.75, 3.05) is 7.11 Å². The highest BCUT2D eigenvalue weighted by Crippen LogP contribution is 2.23. The first kappa shape index (κ1) is 12.1. The van der Waals surface area contributed by atoms with Gasteiger partial charge in [-0.05, 0) is 30.3 Å². The molecule has 3 rings (SSSR count). The molecule has 7 nitrogen and oxygen atoms in total. The molecule has 0 aliphatic heterocycles. The van der Waals surface area contributed by atoms with Crippen molar-refractivity contribution in [3.8, 4) is 17.0 Å². The number of hydrogen-bond acceptors (Lipinski definition) is 5. The Morgan fingerprint density at radius 3 is 2.70 bits per heavy atom. The van der Waals surface area contributed by atoms with E-state index in [1.807, 2.05) is 12.1 Å². The van der Waals surface area contributed by atoms with Crippen LogP contribution >= 0.6 is 0 Å². The molecule has 0 unspecified atom stereocenters. The predicted molar refractivity (Wildman–Crippen MR) is 69.7 cm³/mol. The van der Waals surface area contributed by atoms with Crippen molar-refractivity contribution >= 4 is 11.7 Å². The maximum atomic E-state index is 11.1. The second kappa shape index (κ2) is 4.61. The monoisotopic (exact) mass is 270 g/mol. The Balaban J connectivity index is 2.22. The van der Waals surface area contributed by atoms with Gasteiger partial charge >= 0.3 is 5.97 Å². The molecule has 3 aromatic rings. The van der Waals surface area contributed by atoms with Crippen LogP contribution in [-0.4, -0.2) is 37.8 Å². The summed E-state index contributed by atoms with van der Waals surface area (Å²) < 4.78 is 6.59. The molecule has 0 amide bonds. The lowest BCUT2D eigenvalue weighted by atomic mass is 10.1. The Morgan fingerprint density at radius 1 is 1.30 bits per heavy atom. The lowest BCUT2D eigenvalue weighted by molar-refractivity contribution is 0.0690. The number of ether oxygens (including phenoxy) is 1. The van der Waals surface area contributed by atoms with Crippen molar-refractivity contribution in [1.29, 1.82) is 0 Å². The van der Waals surface area contributed by atoms with E-state index in [-0.39, 0.29) is 11.5 Å². The smallest absolute Gasteiger partial charge is 0.354 e. The minimum absolute atomic E-state index is 0.0729. The minimum atomic E-state index is -1.11. The van der Waals surface area contributed by atoms with E-state index in [0.717, 1.165) is 11.3 Å². The van der Waals surface area contributed by atoms with Gasteiger partial charge < -0.3 is 9.84 Å². The van der Waals surface area contributed by atoms with E-state index in [2.05, 4.69) is 15.1 Å². The van der Waals surface area contributed by atoms with Gasteiger partial charge in [0.05, 0.1) is 12.8 Å². The number of hydrogen-bond donors (Lipinski definition) is 1. The third-order valence-electron chi connectivity index (χ3n) is 2.86. The Hall–Kier alpha value is -2.96. The van der Waals surface area contributed by atoms with Crippen LogP contribution in [0.1, 0.15) is 10.5 Å². The number of benzene rings is 1. The van der Waals surface area contributed by atoms with Crippen molar-refractivity contribution in [2.24, 2.45) is 0 Å². The van der Waals surface area contributed by atoms with Crippen molar-refractivity contribution in [3.63, 3.8) is 0 Å². The Morgan fingerprint density at radius 2 is 2.05 bits per heavy atom. The molecule has 0 saturated heterocycles. The van der Waals surface area contributed by atoms with Crippen LogP contribution in [0.3, 0.4) is 0 Å². The third kappa shape index (κ3) is 1.95. The first-order chi connectivity index (χ1) is 9.69. The molecule has 0 atom stereocenters.